The Morgan fingerprint density at radius 2 is 1.78 bits per heavy atom. The number of hydrogen-bond acceptors (Lipinski definition) is 5. The molecule has 2 rings (SSSR count). The quantitative estimate of drug-likeness (QED) is 0.559. The van der Waals surface area contributed by atoms with Gasteiger partial charge in [-0.1, -0.05) is 6.07 Å². The van der Waals surface area contributed by atoms with Crippen molar-refractivity contribution >= 4 is 23.2 Å². The summed E-state index contributed by atoms with van der Waals surface area (Å²) in [6, 6.07) is 14.1. The van der Waals surface area contributed by atoms with Crippen LogP contribution in [0, 0.1) is 0 Å². The molecule has 0 aliphatic heterocycles. The highest BCUT2D eigenvalue weighted by atomic mass is 16.5. The minimum Gasteiger partial charge on any atom is -0.497 e. The Balaban J connectivity index is 1.83. The summed E-state index contributed by atoms with van der Waals surface area (Å²) in [6.45, 7) is 1.24. The van der Waals surface area contributed by atoms with Crippen molar-refractivity contribution in [2.45, 2.75) is 6.42 Å². The van der Waals surface area contributed by atoms with Gasteiger partial charge in [-0.2, -0.15) is 0 Å². The topological polar surface area (TPSA) is 88.7 Å². The summed E-state index contributed by atoms with van der Waals surface area (Å²) in [6.07, 6.45) is 0.746. The van der Waals surface area contributed by atoms with Crippen molar-refractivity contribution in [2.75, 3.05) is 44.5 Å². The van der Waals surface area contributed by atoms with Crippen LogP contribution in [0.2, 0.25) is 0 Å². The normalized spacial score (nSPS) is 10.1. The Bertz CT molecular complexity index is 747. The Hall–Kier alpha value is -3.06. The average Bonchev–Trinajstić information content (AvgIpc) is 2.70. The number of ether oxygens (including phenoxy) is 2. The number of rotatable bonds is 10. The van der Waals surface area contributed by atoms with E-state index >= 15 is 0 Å². The summed E-state index contributed by atoms with van der Waals surface area (Å²) < 4.78 is 10.0. The van der Waals surface area contributed by atoms with Crippen LogP contribution in [0.4, 0.5) is 11.4 Å². The van der Waals surface area contributed by atoms with Gasteiger partial charge in [-0.15, -0.1) is 0 Å². The van der Waals surface area contributed by atoms with Gasteiger partial charge in [0.15, 0.2) is 0 Å². The Morgan fingerprint density at radius 1 is 1.00 bits per heavy atom. The number of methoxy groups -OCH3 is 2. The van der Waals surface area contributed by atoms with Crippen LogP contribution in [0.15, 0.2) is 48.5 Å². The Morgan fingerprint density at radius 3 is 2.48 bits per heavy atom. The molecule has 0 atom stereocenters. The van der Waals surface area contributed by atoms with Crippen LogP contribution in [0.25, 0.3) is 0 Å². The molecule has 2 aromatic rings. The van der Waals surface area contributed by atoms with Crippen molar-refractivity contribution in [3.63, 3.8) is 0 Å². The lowest BCUT2D eigenvalue weighted by Gasteiger charge is -2.10. The second kappa shape index (κ2) is 10.8. The monoisotopic (exact) mass is 371 g/mol. The predicted octanol–water partition coefficient (Wildman–Crippen LogP) is 2.51. The van der Waals surface area contributed by atoms with Gasteiger partial charge in [0.25, 0.3) is 5.91 Å². The van der Waals surface area contributed by atoms with Crippen LogP contribution in [-0.4, -0.2) is 45.7 Å². The number of carbonyl (C=O) groups is 2. The van der Waals surface area contributed by atoms with Gasteiger partial charge >= 0.3 is 0 Å². The molecule has 0 bridgehead atoms. The summed E-state index contributed by atoms with van der Waals surface area (Å²) in [5.74, 6) is 0.365. The van der Waals surface area contributed by atoms with E-state index in [2.05, 4.69) is 16.0 Å². The van der Waals surface area contributed by atoms with Crippen molar-refractivity contribution in [1.29, 1.82) is 0 Å². The molecule has 0 aliphatic rings. The van der Waals surface area contributed by atoms with E-state index in [1.165, 1.54) is 0 Å². The molecule has 7 heteroatoms. The molecule has 0 aromatic heterocycles. The molecule has 0 radical (unpaired) electrons. The molecule has 0 aliphatic carbocycles. The maximum absolute atomic E-state index is 12.1. The van der Waals surface area contributed by atoms with E-state index in [1.807, 2.05) is 24.3 Å². The molecule has 2 amide bonds. The van der Waals surface area contributed by atoms with Crippen LogP contribution in [0.1, 0.15) is 16.8 Å². The van der Waals surface area contributed by atoms with Crippen molar-refractivity contribution in [3.05, 3.63) is 54.1 Å². The molecule has 2 aromatic carbocycles. The first kappa shape index (κ1) is 20.3. The van der Waals surface area contributed by atoms with Gasteiger partial charge in [0, 0.05) is 37.2 Å². The SMILES string of the molecule is COCCCNC(=O)c1cccc(NC(=O)CNc2ccc(OC)cc2)c1. The molecule has 0 spiro atoms. The van der Waals surface area contributed by atoms with E-state index in [4.69, 9.17) is 9.47 Å². The van der Waals surface area contributed by atoms with Gasteiger partial charge in [-0.25, -0.2) is 0 Å². The standard InChI is InChI=1S/C20H25N3O4/c1-26-12-4-11-21-20(25)15-5-3-6-17(13-15)23-19(24)14-22-16-7-9-18(27-2)10-8-16/h3,5-10,13,22H,4,11-12,14H2,1-2H3,(H,21,25)(H,23,24). The minimum absolute atomic E-state index is 0.111. The van der Waals surface area contributed by atoms with Crippen LogP contribution < -0.4 is 20.7 Å². The van der Waals surface area contributed by atoms with E-state index in [9.17, 15) is 9.59 Å². The average molecular weight is 371 g/mol. The van der Waals surface area contributed by atoms with Crippen molar-refractivity contribution in [1.82, 2.24) is 5.32 Å². The van der Waals surface area contributed by atoms with Crippen molar-refractivity contribution < 1.29 is 19.1 Å². The molecular weight excluding hydrogens is 346 g/mol. The lowest BCUT2D eigenvalue weighted by atomic mass is 10.2. The molecule has 0 saturated heterocycles. The van der Waals surface area contributed by atoms with Crippen molar-refractivity contribution in [2.24, 2.45) is 0 Å². The number of carbonyl (C=O) groups excluding carboxylic acids is 2. The van der Waals surface area contributed by atoms with Gasteiger partial charge in [0.05, 0.1) is 13.7 Å². The number of hydrogen-bond donors (Lipinski definition) is 3. The highest BCUT2D eigenvalue weighted by Gasteiger charge is 2.08. The first-order valence-electron chi connectivity index (χ1n) is 8.67. The summed E-state index contributed by atoms with van der Waals surface area (Å²) in [5, 5.41) is 8.63. The largest absolute Gasteiger partial charge is 0.497 e. The molecule has 7 nitrogen and oxygen atoms in total. The fourth-order valence-corrected chi connectivity index (χ4v) is 2.36. The van der Waals surface area contributed by atoms with E-state index < -0.39 is 0 Å². The zero-order chi connectivity index (χ0) is 19.5. The van der Waals surface area contributed by atoms with Crippen LogP contribution in [-0.2, 0) is 9.53 Å². The lowest BCUT2D eigenvalue weighted by molar-refractivity contribution is -0.114. The second-order valence-corrected chi connectivity index (χ2v) is 5.81. The molecule has 0 heterocycles. The Labute approximate surface area is 159 Å². The van der Waals surface area contributed by atoms with E-state index in [1.54, 1.807) is 38.5 Å². The smallest absolute Gasteiger partial charge is 0.251 e. The van der Waals surface area contributed by atoms with Crippen molar-refractivity contribution in [3.8, 4) is 5.75 Å². The molecule has 0 unspecified atom stereocenters. The summed E-state index contributed by atoms with van der Waals surface area (Å²) in [5.41, 5.74) is 1.88. The zero-order valence-corrected chi connectivity index (χ0v) is 15.6. The zero-order valence-electron chi connectivity index (χ0n) is 15.6. The molecule has 144 valence electrons. The van der Waals surface area contributed by atoms with Crippen LogP contribution >= 0.6 is 0 Å². The fourth-order valence-electron chi connectivity index (χ4n) is 2.36. The first-order chi connectivity index (χ1) is 13.1. The first-order valence-corrected chi connectivity index (χ1v) is 8.67. The molecule has 3 N–H and O–H groups in total. The van der Waals surface area contributed by atoms with E-state index in [-0.39, 0.29) is 18.4 Å². The molecule has 27 heavy (non-hydrogen) atoms. The van der Waals surface area contributed by atoms with Crippen LogP contribution in [0.3, 0.4) is 0 Å². The predicted molar refractivity (Wildman–Crippen MR) is 105 cm³/mol. The lowest BCUT2D eigenvalue weighted by Crippen LogP contribution is -2.25. The van der Waals surface area contributed by atoms with E-state index in [0.717, 1.165) is 17.9 Å². The highest BCUT2D eigenvalue weighted by Crippen LogP contribution is 2.15. The third-order valence-corrected chi connectivity index (χ3v) is 3.76. The van der Waals surface area contributed by atoms with Gasteiger partial charge in [0.2, 0.25) is 5.91 Å². The maximum Gasteiger partial charge on any atom is 0.251 e. The van der Waals surface area contributed by atoms with Gasteiger partial charge in [-0.3, -0.25) is 9.59 Å². The molecule has 0 fully saturated rings. The third-order valence-electron chi connectivity index (χ3n) is 3.76. The number of amides is 2. The second-order valence-electron chi connectivity index (χ2n) is 5.81. The van der Waals surface area contributed by atoms with Gasteiger partial charge < -0.3 is 25.4 Å². The Kier molecular flexibility index (Phi) is 8.12. The highest BCUT2D eigenvalue weighted by molar-refractivity contribution is 5.98. The van der Waals surface area contributed by atoms with E-state index in [0.29, 0.717) is 24.4 Å². The summed E-state index contributed by atoms with van der Waals surface area (Å²) >= 11 is 0. The summed E-state index contributed by atoms with van der Waals surface area (Å²) in [7, 11) is 3.22. The number of nitrogens with one attached hydrogen (secondary N) is 3. The molecule has 0 saturated carbocycles. The third kappa shape index (κ3) is 6.99. The molecular formula is C20H25N3O4. The van der Waals surface area contributed by atoms with Gasteiger partial charge in [-0.05, 0) is 48.9 Å². The fraction of sp³-hybridized carbons (Fsp3) is 0.300. The maximum atomic E-state index is 12.1. The van der Waals surface area contributed by atoms with Crippen LogP contribution in [0.5, 0.6) is 5.75 Å². The number of anilines is 2. The van der Waals surface area contributed by atoms with Gasteiger partial charge in [0.1, 0.15) is 5.75 Å². The summed E-state index contributed by atoms with van der Waals surface area (Å²) in [4.78, 5) is 24.2. The minimum atomic E-state index is -0.205. The number of benzene rings is 2.